The molecular weight excluding hydrogens is 510 g/mol. The van der Waals surface area contributed by atoms with Crippen molar-refractivity contribution in [2.45, 2.75) is 32.1 Å². The first-order valence-electron chi connectivity index (χ1n) is 11.6. The predicted octanol–water partition coefficient (Wildman–Crippen LogP) is 6.54. The van der Waals surface area contributed by atoms with E-state index in [1.807, 2.05) is 6.07 Å². The number of nitrogens with one attached hydrogen (secondary N) is 2. The Hall–Kier alpha value is -4.00. The number of aromatic nitrogens is 2. The van der Waals surface area contributed by atoms with Gasteiger partial charge in [0.05, 0.1) is 16.5 Å². The summed E-state index contributed by atoms with van der Waals surface area (Å²) >= 11 is 7.62. The van der Waals surface area contributed by atoms with Gasteiger partial charge in [-0.2, -0.15) is 5.26 Å². The summed E-state index contributed by atoms with van der Waals surface area (Å²) in [7, 11) is 0. The van der Waals surface area contributed by atoms with Crippen molar-refractivity contribution in [1.82, 2.24) is 9.97 Å². The third kappa shape index (κ3) is 5.56. The van der Waals surface area contributed by atoms with Crippen LogP contribution in [0.15, 0.2) is 54.6 Å². The topological polar surface area (TPSA) is 117 Å². The summed E-state index contributed by atoms with van der Waals surface area (Å²) in [6.07, 6.45) is 1.83. The number of hydrogen-bond acceptors (Lipinski definition) is 7. The average Bonchev–Trinajstić information content (AvgIpc) is 3.67. The van der Waals surface area contributed by atoms with Crippen LogP contribution in [-0.4, -0.2) is 21.8 Å². The highest BCUT2D eigenvalue weighted by atomic mass is 35.5. The van der Waals surface area contributed by atoms with E-state index >= 15 is 0 Å². The first-order valence-corrected chi connectivity index (χ1v) is 12.8. The summed E-state index contributed by atoms with van der Waals surface area (Å²) in [5.74, 6) is 0.364. The molecule has 2 aromatic heterocycles. The van der Waals surface area contributed by atoms with Gasteiger partial charge < -0.3 is 15.4 Å². The number of pyridine rings is 1. The Balaban J connectivity index is 1.32. The largest absolute Gasteiger partial charge is 0.437 e. The van der Waals surface area contributed by atoms with Gasteiger partial charge in [-0.1, -0.05) is 35.1 Å². The molecule has 2 aromatic carbocycles. The minimum Gasteiger partial charge on any atom is -0.437 e. The van der Waals surface area contributed by atoms with Gasteiger partial charge in [0.2, 0.25) is 11.8 Å². The van der Waals surface area contributed by atoms with Crippen LogP contribution in [0, 0.1) is 17.2 Å². The summed E-state index contributed by atoms with van der Waals surface area (Å²) in [6, 6.07) is 17.6. The van der Waals surface area contributed by atoms with Crippen LogP contribution in [0.1, 0.15) is 42.6 Å². The molecule has 1 aliphatic rings. The number of hydrogen-bond donors (Lipinski definition) is 2. The molecule has 0 atom stereocenters. The number of nitriles is 1. The van der Waals surface area contributed by atoms with Crippen molar-refractivity contribution in [2.75, 3.05) is 10.6 Å². The Labute approximate surface area is 222 Å². The SMILES string of the molecule is CC(C)(C#N)c1cccc(C(=O)Nc2ccc(Cl)c(Oc3ccc4nc(NC(=O)C5CC5)sc4n3)c2)c1. The summed E-state index contributed by atoms with van der Waals surface area (Å²) in [6.45, 7) is 3.60. The Kier molecular flexibility index (Phi) is 6.54. The lowest BCUT2D eigenvalue weighted by Crippen LogP contribution is -2.17. The van der Waals surface area contributed by atoms with Crippen molar-refractivity contribution >= 4 is 55.9 Å². The zero-order chi connectivity index (χ0) is 26.2. The quantitative estimate of drug-likeness (QED) is 0.279. The van der Waals surface area contributed by atoms with Gasteiger partial charge >= 0.3 is 0 Å². The van der Waals surface area contributed by atoms with Crippen molar-refractivity contribution in [1.29, 1.82) is 5.26 Å². The molecule has 10 heteroatoms. The molecule has 1 fully saturated rings. The van der Waals surface area contributed by atoms with E-state index in [9.17, 15) is 14.9 Å². The number of nitrogens with zero attached hydrogens (tertiary/aromatic N) is 3. The fourth-order valence-electron chi connectivity index (χ4n) is 3.55. The van der Waals surface area contributed by atoms with Gasteiger partial charge in [-0.25, -0.2) is 9.97 Å². The summed E-state index contributed by atoms with van der Waals surface area (Å²) < 4.78 is 5.92. The van der Waals surface area contributed by atoms with Gasteiger partial charge in [0.25, 0.3) is 5.91 Å². The molecule has 1 saturated carbocycles. The molecule has 0 unspecified atom stereocenters. The number of amides is 2. The van der Waals surface area contributed by atoms with Gasteiger partial charge in [0.1, 0.15) is 16.1 Å². The lowest BCUT2D eigenvalue weighted by molar-refractivity contribution is -0.117. The van der Waals surface area contributed by atoms with Crippen LogP contribution >= 0.6 is 22.9 Å². The molecule has 0 radical (unpaired) electrons. The van der Waals surface area contributed by atoms with Crippen molar-refractivity contribution in [3.63, 3.8) is 0 Å². The van der Waals surface area contributed by atoms with E-state index in [1.165, 1.54) is 11.3 Å². The maximum absolute atomic E-state index is 12.9. The van der Waals surface area contributed by atoms with Crippen LogP contribution in [0.4, 0.5) is 10.8 Å². The average molecular weight is 532 g/mol. The number of carbonyl (C=O) groups excluding carboxylic acids is 2. The van der Waals surface area contributed by atoms with Gasteiger partial charge in [-0.05, 0) is 62.6 Å². The van der Waals surface area contributed by atoms with Gasteiger partial charge in [-0.15, -0.1) is 0 Å². The number of ether oxygens (including phenoxy) is 1. The van der Waals surface area contributed by atoms with E-state index in [0.717, 1.165) is 18.4 Å². The monoisotopic (exact) mass is 531 g/mol. The number of benzene rings is 2. The molecule has 0 saturated heterocycles. The molecule has 5 rings (SSSR count). The van der Waals surface area contributed by atoms with Crippen LogP contribution < -0.4 is 15.4 Å². The lowest BCUT2D eigenvalue weighted by Gasteiger charge is -2.16. The molecule has 2 heterocycles. The minimum absolute atomic E-state index is 0.0123. The number of fused-ring (bicyclic) bond motifs is 1. The molecule has 1 aliphatic carbocycles. The standard InChI is InChI=1S/C27H22ClN5O3S/c1-27(2,14-29)17-5-3-4-16(12-17)24(35)30-18-8-9-19(28)21(13-18)36-22-11-10-20-25(32-22)37-26(31-20)33-23(34)15-6-7-15/h3-5,8-13,15H,6-7H2,1-2H3,(H,30,35)(H,31,33,34). The molecule has 186 valence electrons. The Bertz CT molecular complexity index is 1570. The molecule has 2 N–H and O–H groups in total. The second-order valence-corrected chi connectivity index (χ2v) is 10.7. The van der Waals surface area contributed by atoms with Crippen molar-refractivity contribution < 1.29 is 14.3 Å². The molecular formula is C27H22ClN5O3S. The smallest absolute Gasteiger partial charge is 0.255 e. The normalized spacial score (nSPS) is 13.1. The highest BCUT2D eigenvalue weighted by Crippen LogP contribution is 2.35. The van der Waals surface area contributed by atoms with Crippen LogP contribution in [-0.2, 0) is 10.2 Å². The first-order chi connectivity index (χ1) is 17.7. The third-order valence-corrected chi connectivity index (χ3v) is 7.13. The van der Waals surface area contributed by atoms with Gasteiger partial charge in [-0.3, -0.25) is 9.59 Å². The minimum atomic E-state index is -0.715. The van der Waals surface area contributed by atoms with Crippen LogP contribution in [0.2, 0.25) is 5.02 Å². The fraction of sp³-hybridized carbons (Fsp3) is 0.222. The van der Waals surface area contributed by atoms with E-state index in [4.69, 9.17) is 16.3 Å². The molecule has 2 amide bonds. The van der Waals surface area contributed by atoms with Crippen molar-refractivity contribution in [3.05, 3.63) is 70.7 Å². The second kappa shape index (κ2) is 9.81. The highest BCUT2D eigenvalue weighted by Gasteiger charge is 2.30. The molecule has 0 spiro atoms. The van der Waals surface area contributed by atoms with Gasteiger partial charge in [0.15, 0.2) is 5.13 Å². The van der Waals surface area contributed by atoms with E-state index in [0.29, 0.717) is 43.4 Å². The van der Waals surface area contributed by atoms with Crippen LogP contribution in [0.25, 0.3) is 10.3 Å². The lowest BCUT2D eigenvalue weighted by atomic mass is 9.85. The maximum atomic E-state index is 12.9. The maximum Gasteiger partial charge on any atom is 0.255 e. The predicted molar refractivity (Wildman–Crippen MR) is 143 cm³/mol. The van der Waals surface area contributed by atoms with E-state index in [2.05, 4.69) is 26.7 Å². The molecule has 37 heavy (non-hydrogen) atoms. The number of halogens is 1. The summed E-state index contributed by atoms with van der Waals surface area (Å²) in [5.41, 5.74) is 1.60. The third-order valence-electron chi connectivity index (χ3n) is 5.94. The van der Waals surface area contributed by atoms with E-state index in [1.54, 1.807) is 62.4 Å². The van der Waals surface area contributed by atoms with Crippen LogP contribution in [0.5, 0.6) is 11.6 Å². The van der Waals surface area contributed by atoms with Crippen molar-refractivity contribution in [3.8, 4) is 17.7 Å². The Morgan fingerprint density at radius 3 is 2.68 bits per heavy atom. The number of thiazole rings is 1. The fourth-order valence-corrected chi connectivity index (χ4v) is 4.54. The number of carbonyl (C=O) groups is 2. The van der Waals surface area contributed by atoms with Gasteiger partial charge in [0, 0.05) is 29.3 Å². The zero-order valence-electron chi connectivity index (χ0n) is 20.0. The molecule has 0 bridgehead atoms. The zero-order valence-corrected chi connectivity index (χ0v) is 21.6. The summed E-state index contributed by atoms with van der Waals surface area (Å²) in [4.78, 5) is 34.4. The van der Waals surface area contributed by atoms with Crippen molar-refractivity contribution in [2.24, 2.45) is 5.92 Å². The number of anilines is 2. The molecule has 8 nitrogen and oxygen atoms in total. The first kappa shape index (κ1) is 24.7. The van der Waals surface area contributed by atoms with Crippen LogP contribution in [0.3, 0.4) is 0 Å². The molecule has 0 aliphatic heterocycles. The number of rotatable bonds is 7. The van der Waals surface area contributed by atoms with E-state index in [-0.39, 0.29) is 17.7 Å². The Morgan fingerprint density at radius 2 is 1.92 bits per heavy atom. The van der Waals surface area contributed by atoms with E-state index < -0.39 is 5.41 Å². The second-order valence-electron chi connectivity index (χ2n) is 9.28. The Morgan fingerprint density at radius 1 is 1.11 bits per heavy atom. The summed E-state index contributed by atoms with van der Waals surface area (Å²) in [5, 5.41) is 15.9. The highest BCUT2D eigenvalue weighted by molar-refractivity contribution is 7.21. The molecule has 4 aromatic rings.